The number of nitrogens with zero attached hydrogens (tertiary/aromatic N) is 2. The van der Waals surface area contributed by atoms with E-state index < -0.39 is 9.60 Å². The van der Waals surface area contributed by atoms with Gasteiger partial charge in [-0.05, 0) is 42.6 Å². The number of rotatable bonds is 3. The van der Waals surface area contributed by atoms with Gasteiger partial charge < -0.3 is 5.73 Å². The zero-order valence-electron chi connectivity index (χ0n) is 13.6. The quantitative estimate of drug-likeness (QED) is 0.543. The van der Waals surface area contributed by atoms with Crippen molar-refractivity contribution in [3.63, 3.8) is 0 Å². The Hall–Kier alpha value is -2.38. The normalized spacial score (nSPS) is 17.5. The molecule has 5 N–H and O–H groups in total. The molecular formula is C17H21N6S+. The fourth-order valence-electron chi connectivity index (χ4n) is 3.04. The number of nitrogens with two attached hydrogens (primary N) is 1. The number of hydrogen-bond donors (Lipinski definition) is 4. The monoisotopic (exact) mass is 341 g/mol. The number of H-pyrrole nitrogens is 1. The fourth-order valence-corrected chi connectivity index (χ4v) is 5.04. The Morgan fingerprint density at radius 2 is 2.08 bits per heavy atom. The minimum absolute atomic E-state index is 0.412. The van der Waals surface area contributed by atoms with E-state index in [1.54, 1.807) is 0 Å². The lowest BCUT2D eigenvalue weighted by molar-refractivity contribution is -0.808. The Balaban J connectivity index is 1.77. The topological polar surface area (TPSA) is 95.9 Å². The van der Waals surface area contributed by atoms with Crippen LogP contribution in [0.3, 0.4) is 0 Å². The summed E-state index contributed by atoms with van der Waals surface area (Å²) in [6.07, 6.45) is 1.20. The van der Waals surface area contributed by atoms with Crippen LogP contribution in [0, 0.1) is 11.7 Å². The largest absolute Gasteiger partial charge is 0.380 e. The Morgan fingerprint density at radius 3 is 2.75 bits per heavy atom. The van der Waals surface area contributed by atoms with Gasteiger partial charge in [-0.1, -0.05) is 6.07 Å². The average molecular weight is 341 g/mol. The number of nitrogens with one attached hydrogen (secondary N) is 3. The molecule has 1 atom stereocenters. The van der Waals surface area contributed by atoms with E-state index in [0.29, 0.717) is 11.3 Å². The number of anilines is 1. The lowest BCUT2D eigenvalue weighted by Crippen LogP contribution is -3.19. The third-order valence-electron chi connectivity index (χ3n) is 4.71. The molecule has 1 aliphatic rings. The summed E-state index contributed by atoms with van der Waals surface area (Å²) in [5.41, 5.74) is 10.4. The zero-order valence-corrected chi connectivity index (χ0v) is 14.4. The van der Waals surface area contributed by atoms with Crippen LogP contribution < -0.4 is 10.0 Å². The summed E-state index contributed by atoms with van der Waals surface area (Å²) in [5.74, 6) is 4.63. The van der Waals surface area contributed by atoms with Crippen molar-refractivity contribution < 1.29 is 4.31 Å². The molecule has 0 bridgehead atoms. The molecule has 0 saturated carbocycles. The van der Waals surface area contributed by atoms with Crippen molar-refractivity contribution in [2.75, 3.05) is 18.8 Å². The van der Waals surface area contributed by atoms with E-state index in [-0.39, 0.29) is 0 Å². The van der Waals surface area contributed by atoms with Crippen LogP contribution in [0.15, 0.2) is 35.2 Å². The van der Waals surface area contributed by atoms with E-state index in [2.05, 4.69) is 40.1 Å². The first-order valence-electron chi connectivity index (χ1n) is 7.94. The number of nitrogen functional groups attached to an aromatic ring is 1. The van der Waals surface area contributed by atoms with Crippen LogP contribution >= 0.6 is 0 Å². The smallest absolute Gasteiger partial charge is 0.171 e. The molecule has 3 heterocycles. The second-order valence-electron chi connectivity index (χ2n) is 6.31. The third-order valence-corrected chi connectivity index (χ3v) is 7.17. The van der Waals surface area contributed by atoms with E-state index >= 15 is 0 Å². The molecule has 124 valence electrons. The molecule has 0 radical (unpaired) electrons. The van der Waals surface area contributed by atoms with Gasteiger partial charge in [0.15, 0.2) is 5.82 Å². The van der Waals surface area contributed by atoms with Crippen molar-refractivity contribution >= 4 is 32.3 Å². The summed E-state index contributed by atoms with van der Waals surface area (Å²) in [6.45, 7) is 4.17. The van der Waals surface area contributed by atoms with Crippen molar-refractivity contribution in [3.8, 4) is 11.3 Å². The number of pyridine rings is 1. The summed E-state index contributed by atoms with van der Waals surface area (Å²) in [5, 5.41) is 6.86. The van der Waals surface area contributed by atoms with Crippen LogP contribution in [-0.4, -0.2) is 34.1 Å². The second kappa shape index (κ2) is 5.32. The molecule has 6 nitrogen and oxygen atoms in total. The number of quaternary nitrogens is 1. The molecule has 24 heavy (non-hydrogen) atoms. The Bertz CT molecular complexity index is 1030. The van der Waals surface area contributed by atoms with Crippen molar-refractivity contribution in [2.45, 2.75) is 18.2 Å². The molecular weight excluding hydrogens is 320 g/mol. The molecule has 1 aliphatic heterocycles. The molecule has 1 fully saturated rings. The maximum atomic E-state index is 8.70. The first-order chi connectivity index (χ1) is 11.5. The SMILES string of the molecule is C=S(=N)(c1ccc(-c2ccc3[nH]nc(N)c3n2)c(C)c1)[NH+]1CCC1. The molecule has 4 rings (SSSR count). The molecule has 3 aromatic rings. The van der Waals surface area contributed by atoms with Crippen LogP contribution in [-0.2, 0) is 9.60 Å². The highest BCUT2D eigenvalue weighted by atomic mass is 32.2. The molecule has 1 saturated heterocycles. The highest BCUT2D eigenvalue weighted by Gasteiger charge is 2.26. The highest BCUT2D eigenvalue weighted by molar-refractivity contribution is 7.95. The second-order valence-corrected chi connectivity index (χ2v) is 8.84. The number of fused-ring (bicyclic) bond motifs is 1. The maximum absolute atomic E-state index is 8.70. The zero-order chi connectivity index (χ0) is 16.9. The predicted octanol–water partition coefficient (Wildman–Crippen LogP) is 1.43. The van der Waals surface area contributed by atoms with E-state index in [1.165, 1.54) is 10.7 Å². The minimum atomic E-state index is -1.79. The lowest BCUT2D eigenvalue weighted by Gasteiger charge is -2.32. The average Bonchev–Trinajstić information content (AvgIpc) is 2.86. The Morgan fingerprint density at radius 1 is 1.29 bits per heavy atom. The first-order valence-corrected chi connectivity index (χ1v) is 9.74. The van der Waals surface area contributed by atoms with Crippen LogP contribution in [0.5, 0.6) is 0 Å². The number of benzene rings is 1. The van der Waals surface area contributed by atoms with E-state index in [1.807, 2.05) is 18.2 Å². The van der Waals surface area contributed by atoms with Crippen molar-refractivity contribution in [1.29, 1.82) is 4.78 Å². The lowest BCUT2D eigenvalue weighted by atomic mass is 10.1. The van der Waals surface area contributed by atoms with Gasteiger partial charge in [0.2, 0.25) is 0 Å². The molecule has 0 aliphatic carbocycles. The van der Waals surface area contributed by atoms with Gasteiger partial charge >= 0.3 is 0 Å². The standard InChI is InChI=1S/C17H20N6S/c1-11-10-12(24(2,19)23-8-3-9-23)4-5-13(11)14-6-7-15-16(20-14)17(18)22-21-15/h4-7,10,19H,2-3,8-9H2,1H3,(H3,18,21,22)/p+1. The highest BCUT2D eigenvalue weighted by Crippen LogP contribution is 2.27. The van der Waals surface area contributed by atoms with Crippen LogP contribution in [0.2, 0.25) is 0 Å². The summed E-state index contributed by atoms with van der Waals surface area (Å²) in [4.78, 5) is 5.67. The van der Waals surface area contributed by atoms with Crippen LogP contribution in [0.25, 0.3) is 22.3 Å². The van der Waals surface area contributed by atoms with Gasteiger partial charge in [0.25, 0.3) is 0 Å². The van der Waals surface area contributed by atoms with E-state index in [0.717, 1.165) is 40.3 Å². The van der Waals surface area contributed by atoms with Gasteiger partial charge in [0.1, 0.15) is 5.52 Å². The number of aryl methyl sites for hydroxylation is 1. The number of hydrogen-bond acceptors (Lipinski definition) is 4. The first kappa shape index (κ1) is 15.2. The molecule has 1 aromatic carbocycles. The van der Waals surface area contributed by atoms with Crippen LogP contribution in [0.1, 0.15) is 12.0 Å². The fraction of sp³-hybridized carbons (Fsp3) is 0.235. The number of aromatic amines is 1. The number of aromatic nitrogens is 3. The van der Waals surface area contributed by atoms with Gasteiger partial charge in [-0.25, -0.2) is 9.76 Å². The van der Waals surface area contributed by atoms with Gasteiger partial charge in [0, 0.05) is 21.6 Å². The molecule has 7 heteroatoms. The summed E-state index contributed by atoms with van der Waals surface area (Å²) in [7, 11) is -1.79. The molecule has 1 unspecified atom stereocenters. The summed E-state index contributed by atoms with van der Waals surface area (Å²) < 4.78 is 10.0. The molecule has 0 spiro atoms. The van der Waals surface area contributed by atoms with Crippen LogP contribution in [0.4, 0.5) is 5.82 Å². The third kappa shape index (κ3) is 2.28. The van der Waals surface area contributed by atoms with Crippen molar-refractivity contribution in [2.24, 2.45) is 0 Å². The summed E-state index contributed by atoms with van der Waals surface area (Å²) >= 11 is 0. The van der Waals surface area contributed by atoms with Gasteiger partial charge in [-0.3, -0.25) is 9.40 Å². The molecule has 2 aromatic heterocycles. The van der Waals surface area contributed by atoms with Gasteiger partial charge in [0.05, 0.1) is 29.2 Å². The molecule has 0 amide bonds. The Kier molecular flexibility index (Phi) is 3.36. The van der Waals surface area contributed by atoms with E-state index in [9.17, 15) is 0 Å². The Labute approximate surface area is 141 Å². The van der Waals surface area contributed by atoms with Gasteiger partial charge in [-0.2, -0.15) is 5.10 Å². The van der Waals surface area contributed by atoms with Crippen molar-refractivity contribution in [3.05, 3.63) is 35.9 Å². The summed E-state index contributed by atoms with van der Waals surface area (Å²) in [6, 6.07) is 10.1. The van der Waals surface area contributed by atoms with Crippen molar-refractivity contribution in [1.82, 2.24) is 15.2 Å². The maximum Gasteiger partial charge on any atom is 0.171 e. The van der Waals surface area contributed by atoms with Gasteiger partial charge in [-0.15, -0.1) is 0 Å². The minimum Gasteiger partial charge on any atom is -0.380 e. The van der Waals surface area contributed by atoms with E-state index in [4.69, 9.17) is 10.5 Å². The predicted molar refractivity (Wildman–Crippen MR) is 99.3 cm³/mol.